The van der Waals surface area contributed by atoms with E-state index in [4.69, 9.17) is 22.0 Å². The minimum atomic E-state index is -1.23. The number of aliphatic carboxylic acids is 1. The fraction of sp³-hybridized carbons (Fsp3) is 0.316. The number of nitrogens with one attached hydrogen (secondary N) is 1. The molecule has 2 atom stereocenters. The lowest BCUT2D eigenvalue weighted by atomic mass is 10.0. The number of amides is 2. The molecule has 0 bridgehead atoms. The van der Waals surface area contributed by atoms with Gasteiger partial charge in [0.15, 0.2) is 10.8 Å². The molecule has 4 heterocycles. The minimum absolute atomic E-state index is 0.0996. The van der Waals surface area contributed by atoms with Crippen molar-refractivity contribution < 1.29 is 28.9 Å². The molecule has 4 rings (SSSR count). The molecule has 190 valence electrons. The van der Waals surface area contributed by atoms with Gasteiger partial charge in [0, 0.05) is 23.0 Å². The van der Waals surface area contributed by atoms with Crippen LogP contribution in [0.2, 0.25) is 0 Å². The average Bonchev–Trinajstić information content (AvgIpc) is 3.26. The van der Waals surface area contributed by atoms with Crippen molar-refractivity contribution >= 4 is 75.3 Å². The number of rotatable bonds is 8. The predicted molar refractivity (Wildman–Crippen MR) is 135 cm³/mol. The summed E-state index contributed by atoms with van der Waals surface area (Å²) in [5.41, 5.74) is 17.8. The van der Waals surface area contributed by atoms with Crippen LogP contribution in [0, 0.1) is 0 Å². The lowest BCUT2D eigenvalue weighted by Crippen LogP contribution is -2.71. The first kappa shape index (κ1) is 25.5. The van der Waals surface area contributed by atoms with Gasteiger partial charge in [-0.05, 0) is 5.57 Å². The molecule has 2 aromatic rings. The molecule has 2 aromatic heterocycles. The number of anilines is 3. The molecule has 17 heteroatoms. The van der Waals surface area contributed by atoms with Crippen LogP contribution in [0.15, 0.2) is 32.9 Å². The van der Waals surface area contributed by atoms with Crippen LogP contribution in [0.3, 0.4) is 0 Å². The number of nitrogens with two attached hydrogens (primary N) is 3. The first-order chi connectivity index (χ1) is 17.1. The number of carboxylic acids is 1. The Hall–Kier alpha value is -3.57. The quantitative estimate of drug-likeness (QED) is 0.0665. The highest BCUT2D eigenvalue weighted by molar-refractivity contribution is 8.01. The largest absolute Gasteiger partial charge is 0.477 e. The van der Waals surface area contributed by atoms with Gasteiger partial charge in [0.05, 0.1) is 7.05 Å². The third-order valence-corrected chi connectivity index (χ3v) is 8.48. The number of thioether (sulfide) groups is 2. The number of carboxylic acid groups (broad SMARTS) is 1. The van der Waals surface area contributed by atoms with Crippen molar-refractivity contribution in [1.29, 1.82) is 0 Å². The Bertz CT molecular complexity index is 1310. The molecular formula is C19H22N9O5S3+. The predicted octanol–water partition coefficient (Wildman–Crippen LogP) is -1.01. The van der Waals surface area contributed by atoms with Gasteiger partial charge in [-0.3, -0.25) is 20.2 Å². The summed E-state index contributed by atoms with van der Waals surface area (Å²) in [6.45, 7) is 0. The van der Waals surface area contributed by atoms with Crippen LogP contribution in [0.25, 0.3) is 0 Å². The number of oxime groups is 1. The van der Waals surface area contributed by atoms with Crippen LogP contribution in [-0.2, 0) is 26.3 Å². The summed E-state index contributed by atoms with van der Waals surface area (Å²) in [6, 6.07) is 0.692. The van der Waals surface area contributed by atoms with Gasteiger partial charge in [0.25, 0.3) is 11.8 Å². The minimum Gasteiger partial charge on any atom is -0.477 e. The molecule has 2 aliphatic rings. The number of hydrogen-bond acceptors (Lipinski definition) is 13. The van der Waals surface area contributed by atoms with E-state index in [1.807, 2.05) is 0 Å². The van der Waals surface area contributed by atoms with E-state index in [-0.39, 0.29) is 39.8 Å². The van der Waals surface area contributed by atoms with Crippen LogP contribution < -0.4 is 27.1 Å². The second kappa shape index (κ2) is 10.2. The number of carbonyl (C=O) groups is 3. The van der Waals surface area contributed by atoms with E-state index in [0.717, 1.165) is 11.3 Å². The van der Waals surface area contributed by atoms with E-state index in [2.05, 4.69) is 20.4 Å². The van der Waals surface area contributed by atoms with Gasteiger partial charge >= 0.3 is 11.9 Å². The number of carbonyl (C=O) groups excluding carboxylic acids is 2. The van der Waals surface area contributed by atoms with E-state index < -0.39 is 29.2 Å². The summed E-state index contributed by atoms with van der Waals surface area (Å²) in [4.78, 5) is 51.9. The first-order valence-electron chi connectivity index (χ1n) is 10.2. The van der Waals surface area contributed by atoms with E-state index >= 15 is 0 Å². The van der Waals surface area contributed by atoms with E-state index in [1.165, 1.54) is 40.9 Å². The fourth-order valence-corrected chi connectivity index (χ4v) is 6.65. The van der Waals surface area contributed by atoms with Crippen LogP contribution in [0.5, 0.6) is 0 Å². The fourth-order valence-electron chi connectivity index (χ4n) is 3.57. The van der Waals surface area contributed by atoms with Crippen LogP contribution >= 0.6 is 34.9 Å². The monoisotopic (exact) mass is 552 g/mol. The van der Waals surface area contributed by atoms with Crippen molar-refractivity contribution in [2.45, 2.75) is 16.4 Å². The van der Waals surface area contributed by atoms with Gasteiger partial charge < -0.3 is 26.7 Å². The maximum Gasteiger partial charge on any atom is 0.392 e. The number of hydrogen-bond donors (Lipinski definition) is 5. The number of thiazole rings is 1. The van der Waals surface area contributed by atoms with E-state index in [1.54, 1.807) is 17.7 Å². The van der Waals surface area contributed by atoms with Crippen molar-refractivity contribution in [3.8, 4) is 0 Å². The van der Waals surface area contributed by atoms with Gasteiger partial charge in [-0.15, -0.1) is 23.1 Å². The van der Waals surface area contributed by atoms with Gasteiger partial charge in [-0.2, -0.15) is 0 Å². The zero-order valence-electron chi connectivity index (χ0n) is 19.0. The molecule has 36 heavy (non-hydrogen) atoms. The van der Waals surface area contributed by atoms with Gasteiger partial charge in [-0.25, -0.2) is 14.3 Å². The molecule has 8 N–H and O–H groups in total. The molecule has 0 saturated carbocycles. The standard InChI is InChI=1S/C19H21N9O5S3/c1-27-10(3-9(20)24-18(27)21)34-4-7-5-35-16-12(15(30)28(16)13(7)17(31)32)25-14(29)11(26-33-2)8-6-36-19(22)23-8/h3,6,12,16H,4-5H2,1-2H3,(H7,20,21,22,23,24,25,29,31,32)/p+1/b26-11-/t12-,16-/m1/s1. The molecule has 14 nitrogen and oxygen atoms in total. The Morgan fingerprint density at radius 1 is 1.39 bits per heavy atom. The van der Waals surface area contributed by atoms with Crippen LogP contribution in [-0.4, -0.2) is 73.5 Å². The summed E-state index contributed by atoms with van der Waals surface area (Å²) < 4.78 is 1.64. The smallest absolute Gasteiger partial charge is 0.392 e. The van der Waals surface area contributed by atoms with Crippen molar-refractivity contribution in [3.63, 3.8) is 0 Å². The molecule has 0 unspecified atom stereocenters. The van der Waals surface area contributed by atoms with Crippen molar-refractivity contribution in [3.05, 3.63) is 28.4 Å². The van der Waals surface area contributed by atoms with Gasteiger partial charge in [0.2, 0.25) is 5.82 Å². The molecule has 0 spiro atoms. The molecule has 0 aromatic carbocycles. The Labute approximate surface area is 216 Å². The summed E-state index contributed by atoms with van der Waals surface area (Å²) in [5, 5.41) is 18.1. The SMILES string of the molecule is CO/N=C(\C(=O)N[C@@H]1C(=O)N2C(C(=O)O)=C(CSc3cc(N)nc(N)[n+]3C)CS[C@H]12)c1csc(N)n1. The Morgan fingerprint density at radius 3 is 2.78 bits per heavy atom. The van der Waals surface area contributed by atoms with Gasteiger partial charge in [0.1, 0.15) is 34.9 Å². The van der Waals surface area contributed by atoms with Crippen LogP contribution in [0.4, 0.5) is 16.9 Å². The molecule has 2 amide bonds. The highest BCUT2D eigenvalue weighted by atomic mass is 32.2. The summed E-state index contributed by atoms with van der Waals surface area (Å²) >= 11 is 3.80. The zero-order valence-corrected chi connectivity index (χ0v) is 21.4. The highest BCUT2D eigenvalue weighted by Crippen LogP contribution is 2.41. The molecule has 2 aliphatic heterocycles. The van der Waals surface area contributed by atoms with Crippen molar-refractivity contribution in [1.82, 2.24) is 20.2 Å². The maximum atomic E-state index is 13.0. The molecule has 0 aliphatic carbocycles. The Balaban J connectivity index is 1.51. The third-order valence-electron chi connectivity index (χ3n) is 5.28. The van der Waals surface area contributed by atoms with E-state index in [9.17, 15) is 19.5 Å². The topological polar surface area (TPSA) is 216 Å². The number of nitrogens with zero attached hydrogens (tertiary/aromatic N) is 5. The number of fused-ring (bicyclic) bond motifs is 1. The summed E-state index contributed by atoms with van der Waals surface area (Å²) in [7, 11) is 2.99. The summed E-state index contributed by atoms with van der Waals surface area (Å²) in [6.07, 6.45) is 0. The highest BCUT2D eigenvalue weighted by Gasteiger charge is 2.54. The summed E-state index contributed by atoms with van der Waals surface area (Å²) in [5.74, 6) is -1.37. The zero-order chi connectivity index (χ0) is 26.1. The second-order valence-electron chi connectivity index (χ2n) is 7.54. The lowest BCUT2D eigenvalue weighted by molar-refractivity contribution is -0.696. The number of nitrogen functional groups attached to an aromatic ring is 3. The molecular weight excluding hydrogens is 530 g/mol. The number of β-lactam (4-membered cyclic amide) rings is 1. The number of aromatic nitrogens is 3. The Morgan fingerprint density at radius 2 is 2.14 bits per heavy atom. The van der Waals surface area contributed by atoms with Crippen LogP contribution in [0.1, 0.15) is 5.69 Å². The normalized spacial score (nSPS) is 19.6. The van der Waals surface area contributed by atoms with E-state index in [0.29, 0.717) is 16.4 Å². The lowest BCUT2D eigenvalue weighted by Gasteiger charge is -2.49. The van der Waals surface area contributed by atoms with Gasteiger partial charge in [-0.1, -0.05) is 21.9 Å². The molecule has 0 radical (unpaired) electrons. The third kappa shape index (κ3) is 4.76. The Kier molecular flexibility index (Phi) is 7.23. The maximum absolute atomic E-state index is 13.0. The van der Waals surface area contributed by atoms with Crippen molar-refractivity contribution in [2.24, 2.45) is 12.2 Å². The average molecular weight is 553 g/mol. The molecule has 1 saturated heterocycles. The molecule has 1 fully saturated rings. The second-order valence-corrected chi connectivity index (χ2v) is 10.5. The first-order valence-corrected chi connectivity index (χ1v) is 13.1. The van der Waals surface area contributed by atoms with Crippen molar-refractivity contribution in [2.75, 3.05) is 35.8 Å².